The fourth-order valence-corrected chi connectivity index (χ4v) is 3.41. The Bertz CT molecular complexity index is 857. The zero-order valence-electron chi connectivity index (χ0n) is 17.1. The Balaban J connectivity index is 1.19. The van der Waals surface area contributed by atoms with Crippen molar-refractivity contribution in [3.05, 3.63) is 60.2 Å². The summed E-state index contributed by atoms with van der Waals surface area (Å²) >= 11 is 0. The predicted molar refractivity (Wildman–Crippen MR) is 112 cm³/mol. The van der Waals surface area contributed by atoms with Crippen LogP contribution in [0.15, 0.2) is 54.6 Å². The van der Waals surface area contributed by atoms with Gasteiger partial charge in [-0.05, 0) is 42.0 Å². The number of alkyl halides is 3. The van der Waals surface area contributed by atoms with Crippen LogP contribution in [-0.4, -0.2) is 63.3 Å². The van der Waals surface area contributed by atoms with Crippen LogP contribution in [0.3, 0.4) is 0 Å². The number of benzene rings is 2. The lowest BCUT2D eigenvalue weighted by Gasteiger charge is -2.35. The molecule has 2 fully saturated rings. The fourth-order valence-electron chi connectivity index (χ4n) is 3.41. The van der Waals surface area contributed by atoms with Gasteiger partial charge in [0.25, 0.3) is 0 Å². The van der Waals surface area contributed by atoms with Crippen molar-refractivity contribution < 1.29 is 27.4 Å². The van der Waals surface area contributed by atoms with Crippen LogP contribution in [0, 0.1) is 0 Å². The molecule has 2 aliphatic heterocycles. The minimum Gasteiger partial charge on any atom is -0.491 e. The standard InChI is InChI=1S/C23H25F3N2O3/c24-23(25,26)31-21-7-3-18(4-8-21)2-1-11-27-12-14-28(15-13-27)19-5-9-20(10-6-19)29-16-22-17-30-22/h1-10,22H,11-17H2/b2-1+/t22-/m0/s1. The molecule has 0 spiro atoms. The molecule has 0 aliphatic carbocycles. The van der Waals surface area contributed by atoms with Crippen LogP contribution in [-0.2, 0) is 4.74 Å². The van der Waals surface area contributed by atoms with Crippen LogP contribution in [0.2, 0.25) is 0 Å². The second-order valence-electron chi connectivity index (χ2n) is 7.57. The van der Waals surface area contributed by atoms with Gasteiger partial charge >= 0.3 is 6.36 Å². The summed E-state index contributed by atoms with van der Waals surface area (Å²) in [5.74, 6) is 0.651. The van der Waals surface area contributed by atoms with E-state index in [0.29, 0.717) is 6.61 Å². The molecule has 2 heterocycles. The lowest BCUT2D eigenvalue weighted by atomic mass is 10.2. The average Bonchev–Trinajstić information content (AvgIpc) is 3.58. The van der Waals surface area contributed by atoms with Gasteiger partial charge in [0.1, 0.15) is 24.2 Å². The first-order valence-electron chi connectivity index (χ1n) is 10.3. The van der Waals surface area contributed by atoms with Gasteiger partial charge in [-0.15, -0.1) is 13.2 Å². The summed E-state index contributed by atoms with van der Waals surface area (Å²) in [7, 11) is 0. The molecule has 2 aromatic carbocycles. The Morgan fingerprint density at radius 3 is 2.19 bits per heavy atom. The number of hydrogen-bond acceptors (Lipinski definition) is 5. The van der Waals surface area contributed by atoms with E-state index >= 15 is 0 Å². The molecule has 5 nitrogen and oxygen atoms in total. The first-order valence-corrected chi connectivity index (χ1v) is 10.3. The zero-order valence-corrected chi connectivity index (χ0v) is 17.1. The number of hydrogen-bond donors (Lipinski definition) is 0. The number of epoxide rings is 1. The highest BCUT2D eigenvalue weighted by atomic mass is 19.4. The molecule has 0 amide bonds. The molecule has 31 heavy (non-hydrogen) atoms. The van der Waals surface area contributed by atoms with E-state index in [2.05, 4.69) is 26.7 Å². The summed E-state index contributed by atoms with van der Waals surface area (Å²) in [5, 5.41) is 0. The van der Waals surface area contributed by atoms with Crippen molar-refractivity contribution in [3.8, 4) is 11.5 Å². The molecule has 0 bridgehead atoms. The molecule has 1 atom stereocenters. The smallest absolute Gasteiger partial charge is 0.491 e. The van der Waals surface area contributed by atoms with E-state index in [1.54, 1.807) is 12.1 Å². The fraction of sp³-hybridized carbons (Fsp3) is 0.391. The van der Waals surface area contributed by atoms with Gasteiger partial charge in [-0.2, -0.15) is 0 Å². The van der Waals surface area contributed by atoms with Crippen LogP contribution in [0.4, 0.5) is 18.9 Å². The van der Waals surface area contributed by atoms with E-state index in [1.807, 2.05) is 24.3 Å². The third-order valence-corrected chi connectivity index (χ3v) is 5.20. The first kappa shape index (κ1) is 21.5. The lowest BCUT2D eigenvalue weighted by molar-refractivity contribution is -0.274. The lowest BCUT2D eigenvalue weighted by Crippen LogP contribution is -2.46. The third kappa shape index (κ3) is 6.90. The van der Waals surface area contributed by atoms with E-state index < -0.39 is 6.36 Å². The summed E-state index contributed by atoms with van der Waals surface area (Å²) in [5.41, 5.74) is 2.02. The van der Waals surface area contributed by atoms with Gasteiger partial charge in [0.05, 0.1) is 6.61 Å². The summed E-state index contributed by atoms with van der Waals surface area (Å²) in [6.45, 7) is 5.96. The summed E-state index contributed by atoms with van der Waals surface area (Å²) in [6.07, 6.45) is -0.467. The predicted octanol–water partition coefficient (Wildman–Crippen LogP) is 4.20. The normalized spacial score (nSPS) is 19.6. The number of ether oxygens (including phenoxy) is 3. The molecule has 8 heteroatoms. The molecular weight excluding hydrogens is 409 g/mol. The average molecular weight is 434 g/mol. The molecule has 0 aromatic heterocycles. The van der Waals surface area contributed by atoms with Crippen molar-refractivity contribution >= 4 is 11.8 Å². The van der Waals surface area contributed by atoms with Crippen molar-refractivity contribution in [2.75, 3.05) is 50.8 Å². The van der Waals surface area contributed by atoms with Crippen molar-refractivity contribution in [1.29, 1.82) is 0 Å². The minimum absolute atomic E-state index is 0.211. The largest absolute Gasteiger partial charge is 0.573 e. The van der Waals surface area contributed by atoms with Gasteiger partial charge in [0.15, 0.2) is 0 Å². The molecule has 166 valence electrons. The molecule has 0 radical (unpaired) electrons. The Morgan fingerprint density at radius 1 is 0.935 bits per heavy atom. The van der Waals surface area contributed by atoms with E-state index in [9.17, 15) is 13.2 Å². The van der Waals surface area contributed by atoms with Crippen molar-refractivity contribution in [1.82, 2.24) is 4.90 Å². The van der Waals surface area contributed by atoms with Crippen LogP contribution in [0.5, 0.6) is 11.5 Å². The van der Waals surface area contributed by atoms with Gasteiger partial charge in [-0.1, -0.05) is 24.3 Å². The van der Waals surface area contributed by atoms with Crippen LogP contribution in [0.25, 0.3) is 6.08 Å². The molecule has 4 rings (SSSR count). The number of nitrogens with zero attached hydrogens (tertiary/aromatic N) is 2. The summed E-state index contributed by atoms with van der Waals surface area (Å²) in [4.78, 5) is 4.70. The van der Waals surface area contributed by atoms with Crippen LogP contribution in [0.1, 0.15) is 5.56 Å². The molecule has 2 aliphatic rings. The van der Waals surface area contributed by atoms with E-state index in [1.165, 1.54) is 17.8 Å². The van der Waals surface area contributed by atoms with E-state index in [-0.39, 0.29) is 11.9 Å². The second-order valence-corrected chi connectivity index (χ2v) is 7.57. The molecule has 2 aromatic rings. The van der Waals surface area contributed by atoms with Gasteiger partial charge in [0, 0.05) is 38.4 Å². The summed E-state index contributed by atoms with van der Waals surface area (Å²) in [6, 6.07) is 14.0. The van der Waals surface area contributed by atoms with Gasteiger partial charge in [-0.3, -0.25) is 4.90 Å². The molecule has 2 saturated heterocycles. The Hall–Kier alpha value is -2.71. The number of rotatable bonds is 8. The number of anilines is 1. The monoisotopic (exact) mass is 434 g/mol. The maximum Gasteiger partial charge on any atom is 0.573 e. The van der Waals surface area contributed by atoms with Gasteiger partial charge < -0.3 is 19.1 Å². The number of piperazine rings is 1. The molecule has 0 unspecified atom stereocenters. The van der Waals surface area contributed by atoms with Crippen molar-refractivity contribution in [2.45, 2.75) is 12.5 Å². The highest BCUT2D eigenvalue weighted by Crippen LogP contribution is 2.24. The van der Waals surface area contributed by atoms with E-state index in [4.69, 9.17) is 9.47 Å². The maximum absolute atomic E-state index is 12.2. The molecule has 0 N–H and O–H groups in total. The second kappa shape index (κ2) is 9.62. The Morgan fingerprint density at radius 2 is 1.58 bits per heavy atom. The summed E-state index contributed by atoms with van der Waals surface area (Å²) < 4.78 is 51.3. The first-order chi connectivity index (χ1) is 14.9. The van der Waals surface area contributed by atoms with Crippen LogP contribution < -0.4 is 14.4 Å². The minimum atomic E-state index is -4.67. The highest BCUT2D eigenvalue weighted by Gasteiger charge is 2.30. The third-order valence-electron chi connectivity index (χ3n) is 5.20. The van der Waals surface area contributed by atoms with E-state index in [0.717, 1.165) is 50.6 Å². The topological polar surface area (TPSA) is 37.5 Å². The van der Waals surface area contributed by atoms with Gasteiger partial charge in [0.2, 0.25) is 0 Å². The maximum atomic E-state index is 12.2. The van der Waals surface area contributed by atoms with Gasteiger partial charge in [-0.25, -0.2) is 0 Å². The highest BCUT2D eigenvalue weighted by molar-refractivity contribution is 5.51. The SMILES string of the molecule is FC(F)(F)Oc1ccc(/C=C/CN2CCN(c3ccc(OC[C@H]4CO4)cc3)CC2)cc1. The van der Waals surface area contributed by atoms with Crippen LogP contribution >= 0.6 is 0 Å². The molecule has 0 saturated carbocycles. The Labute approximate surface area is 179 Å². The number of halogens is 3. The molecular formula is C23H25F3N2O3. The quantitative estimate of drug-likeness (QED) is 0.583. The van der Waals surface area contributed by atoms with Crippen molar-refractivity contribution in [2.24, 2.45) is 0 Å². The Kier molecular flexibility index (Phi) is 6.67. The zero-order chi connectivity index (χ0) is 21.7. The van der Waals surface area contributed by atoms with Crippen molar-refractivity contribution in [3.63, 3.8) is 0 Å².